The Morgan fingerprint density at radius 3 is 2.47 bits per heavy atom. The number of nitrogens with one attached hydrogen (secondary N) is 1. The van der Waals surface area contributed by atoms with Gasteiger partial charge in [0.1, 0.15) is 23.4 Å². The molecule has 0 fully saturated rings. The summed E-state index contributed by atoms with van der Waals surface area (Å²) in [6, 6.07) is 17.0. The summed E-state index contributed by atoms with van der Waals surface area (Å²) in [5.74, 6) is 0.608. The van der Waals surface area contributed by atoms with Crippen molar-refractivity contribution >= 4 is 11.6 Å². The number of aromatic amines is 1. The Morgan fingerprint density at radius 1 is 1.06 bits per heavy atom. The smallest absolute Gasteiger partial charge is 0.277 e. The molecule has 7 nitrogen and oxygen atoms in total. The van der Waals surface area contributed by atoms with E-state index in [-0.39, 0.29) is 17.4 Å². The largest absolute Gasteiger partial charge is 0.496 e. The molecule has 1 amide bonds. The van der Waals surface area contributed by atoms with Gasteiger partial charge in [0.25, 0.3) is 5.91 Å². The third-order valence-electron chi connectivity index (χ3n) is 5.79. The number of fused-ring (bicyclic) bond motifs is 1. The standard InChI is InChI=1S/C25H24N4O3/c1-25(2,3)23-20-21(26-27-23)24(30)29(22(20)17-7-5-6-8-19(17)31-4)16-11-9-15(10-12-16)18-13-14-32-28-18/h5-14,22H,1-4H3,(H,26,27)/t22-/m0/s1. The maximum Gasteiger partial charge on any atom is 0.277 e. The summed E-state index contributed by atoms with van der Waals surface area (Å²) in [6.45, 7) is 6.30. The van der Waals surface area contributed by atoms with Crippen LogP contribution in [-0.4, -0.2) is 28.4 Å². The molecule has 1 atom stereocenters. The topological polar surface area (TPSA) is 84.2 Å². The van der Waals surface area contributed by atoms with Gasteiger partial charge in [-0.15, -0.1) is 0 Å². The number of anilines is 1. The van der Waals surface area contributed by atoms with Gasteiger partial charge in [-0.1, -0.05) is 56.3 Å². The first-order chi connectivity index (χ1) is 15.4. The van der Waals surface area contributed by atoms with Crippen LogP contribution < -0.4 is 9.64 Å². The number of hydrogen-bond acceptors (Lipinski definition) is 5. The molecule has 0 aliphatic carbocycles. The molecule has 0 unspecified atom stereocenters. The van der Waals surface area contributed by atoms with E-state index in [4.69, 9.17) is 9.26 Å². The minimum absolute atomic E-state index is 0.118. The molecule has 4 aromatic rings. The van der Waals surface area contributed by atoms with E-state index in [9.17, 15) is 4.79 Å². The van der Waals surface area contributed by atoms with Gasteiger partial charge in [0, 0.05) is 33.9 Å². The lowest BCUT2D eigenvalue weighted by Gasteiger charge is -2.29. The fraction of sp³-hybridized carbons (Fsp3) is 0.240. The highest BCUT2D eigenvalue weighted by Gasteiger charge is 2.45. The average molecular weight is 428 g/mol. The zero-order valence-electron chi connectivity index (χ0n) is 18.4. The van der Waals surface area contributed by atoms with Crippen LogP contribution in [0.4, 0.5) is 5.69 Å². The average Bonchev–Trinajstić information content (AvgIpc) is 3.51. The summed E-state index contributed by atoms with van der Waals surface area (Å²) in [6.07, 6.45) is 1.54. The van der Waals surface area contributed by atoms with Crippen molar-refractivity contribution in [3.63, 3.8) is 0 Å². The molecular formula is C25H24N4O3. The van der Waals surface area contributed by atoms with E-state index in [0.717, 1.165) is 39.5 Å². The van der Waals surface area contributed by atoms with Crippen LogP contribution in [0.3, 0.4) is 0 Å². The van der Waals surface area contributed by atoms with Gasteiger partial charge in [0.15, 0.2) is 0 Å². The molecular weight excluding hydrogens is 404 g/mol. The highest BCUT2D eigenvalue weighted by molar-refractivity contribution is 6.11. The molecule has 5 rings (SSSR count). The zero-order valence-corrected chi connectivity index (χ0v) is 18.4. The third-order valence-corrected chi connectivity index (χ3v) is 5.79. The number of H-pyrrole nitrogens is 1. The van der Waals surface area contributed by atoms with E-state index < -0.39 is 0 Å². The number of amides is 1. The lowest BCUT2D eigenvalue weighted by Crippen LogP contribution is -2.30. The molecule has 2 aromatic heterocycles. The number of rotatable bonds is 4. The van der Waals surface area contributed by atoms with Crippen LogP contribution >= 0.6 is 0 Å². The summed E-state index contributed by atoms with van der Waals surface area (Å²) in [5, 5.41) is 11.5. The van der Waals surface area contributed by atoms with Crippen molar-refractivity contribution in [2.45, 2.75) is 32.2 Å². The Bertz CT molecular complexity index is 1270. The maximum absolute atomic E-state index is 13.6. The van der Waals surface area contributed by atoms with E-state index in [1.165, 1.54) is 0 Å². The lowest BCUT2D eigenvalue weighted by atomic mass is 9.85. The highest BCUT2D eigenvalue weighted by Crippen LogP contribution is 2.47. The molecule has 162 valence electrons. The van der Waals surface area contributed by atoms with E-state index in [0.29, 0.717) is 5.69 Å². The summed E-state index contributed by atoms with van der Waals surface area (Å²) < 4.78 is 10.6. The molecule has 0 bridgehead atoms. The quantitative estimate of drug-likeness (QED) is 0.488. The third kappa shape index (κ3) is 3.09. The van der Waals surface area contributed by atoms with Crippen LogP contribution in [0.15, 0.2) is 65.4 Å². The molecule has 7 heteroatoms. The number of aromatic nitrogens is 3. The predicted octanol–water partition coefficient (Wildman–Crippen LogP) is 5.12. The Labute approximate surface area is 186 Å². The molecule has 1 N–H and O–H groups in total. The molecule has 2 aromatic carbocycles. The molecule has 1 aliphatic rings. The van der Waals surface area contributed by atoms with Crippen molar-refractivity contribution in [1.29, 1.82) is 0 Å². The van der Waals surface area contributed by atoms with Crippen LogP contribution in [0.5, 0.6) is 5.75 Å². The second-order valence-corrected chi connectivity index (χ2v) is 8.86. The molecule has 32 heavy (non-hydrogen) atoms. The van der Waals surface area contributed by atoms with E-state index in [1.807, 2.05) is 53.4 Å². The van der Waals surface area contributed by atoms with Crippen LogP contribution in [0.25, 0.3) is 11.3 Å². The Hall–Kier alpha value is -3.87. The summed E-state index contributed by atoms with van der Waals surface area (Å²) in [4.78, 5) is 15.4. The molecule has 0 radical (unpaired) electrons. The molecule has 3 heterocycles. The summed E-state index contributed by atoms with van der Waals surface area (Å²) >= 11 is 0. The Morgan fingerprint density at radius 2 is 1.81 bits per heavy atom. The van der Waals surface area contributed by atoms with E-state index in [2.05, 4.69) is 36.1 Å². The SMILES string of the molecule is COc1ccccc1[C@H]1c2c(C(C)(C)C)n[nH]c2C(=O)N1c1ccc(-c2ccon2)cc1. The van der Waals surface area contributed by atoms with E-state index in [1.54, 1.807) is 19.4 Å². The van der Waals surface area contributed by atoms with Crippen LogP contribution in [-0.2, 0) is 5.41 Å². The van der Waals surface area contributed by atoms with Crippen molar-refractivity contribution < 1.29 is 14.1 Å². The van der Waals surface area contributed by atoms with Crippen molar-refractivity contribution in [2.75, 3.05) is 12.0 Å². The minimum atomic E-state index is -0.362. The van der Waals surface area contributed by atoms with Gasteiger partial charge in [0.05, 0.1) is 18.8 Å². The van der Waals surface area contributed by atoms with Gasteiger partial charge >= 0.3 is 0 Å². The first kappa shape index (κ1) is 20.1. The second kappa shape index (κ2) is 7.37. The van der Waals surface area contributed by atoms with Gasteiger partial charge in [0.2, 0.25) is 0 Å². The predicted molar refractivity (Wildman–Crippen MR) is 121 cm³/mol. The van der Waals surface area contributed by atoms with Gasteiger partial charge in [-0.3, -0.25) is 14.8 Å². The summed E-state index contributed by atoms with van der Waals surface area (Å²) in [5.41, 5.74) is 5.40. The zero-order chi connectivity index (χ0) is 22.5. The van der Waals surface area contributed by atoms with Crippen molar-refractivity contribution in [3.05, 3.63) is 83.4 Å². The van der Waals surface area contributed by atoms with Crippen LogP contribution in [0, 0.1) is 0 Å². The normalized spacial score (nSPS) is 15.8. The van der Waals surface area contributed by atoms with Crippen molar-refractivity contribution in [1.82, 2.24) is 15.4 Å². The van der Waals surface area contributed by atoms with E-state index >= 15 is 0 Å². The minimum Gasteiger partial charge on any atom is -0.496 e. The van der Waals surface area contributed by atoms with Crippen molar-refractivity contribution in [3.8, 4) is 17.0 Å². The van der Waals surface area contributed by atoms with Gasteiger partial charge in [-0.25, -0.2) is 0 Å². The number of para-hydroxylation sites is 1. The number of nitrogens with zero attached hydrogens (tertiary/aromatic N) is 3. The van der Waals surface area contributed by atoms with Gasteiger partial charge in [-0.05, 0) is 18.2 Å². The number of carbonyl (C=O) groups is 1. The summed E-state index contributed by atoms with van der Waals surface area (Å²) in [7, 11) is 1.65. The number of benzene rings is 2. The Kier molecular flexibility index (Phi) is 4.62. The maximum atomic E-state index is 13.6. The van der Waals surface area contributed by atoms with Crippen LogP contribution in [0.1, 0.15) is 54.1 Å². The fourth-order valence-corrected chi connectivity index (χ4v) is 4.33. The van der Waals surface area contributed by atoms with Crippen LogP contribution in [0.2, 0.25) is 0 Å². The van der Waals surface area contributed by atoms with Gasteiger partial charge < -0.3 is 9.26 Å². The Balaban J connectivity index is 1.68. The number of ether oxygens (including phenoxy) is 1. The molecule has 0 spiro atoms. The van der Waals surface area contributed by atoms with Gasteiger partial charge in [-0.2, -0.15) is 5.10 Å². The fourth-order valence-electron chi connectivity index (χ4n) is 4.33. The monoisotopic (exact) mass is 428 g/mol. The highest BCUT2D eigenvalue weighted by atomic mass is 16.5. The number of carbonyl (C=O) groups excluding carboxylic acids is 1. The number of methoxy groups -OCH3 is 1. The lowest BCUT2D eigenvalue weighted by molar-refractivity contribution is 0.0988. The second-order valence-electron chi connectivity index (χ2n) is 8.86. The molecule has 0 saturated carbocycles. The van der Waals surface area contributed by atoms with Crippen molar-refractivity contribution in [2.24, 2.45) is 0 Å². The molecule has 1 aliphatic heterocycles. The number of hydrogen-bond donors (Lipinski definition) is 1. The first-order valence-electron chi connectivity index (χ1n) is 10.5. The first-order valence-corrected chi connectivity index (χ1v) is 10.5. The molecule has 0 saturated heterocycles.